The summed E-state index contributed by atoms with van der Waals surface area (Å²) in [5.74, 6) is 0. The molecule has 28 heavy (non-hydrogen) atoms. The van der Waals surface area contributed by atoms with Gasteiger partial charge < -0.3 is 9.64 Å². The van der Waals surface area contributed by atoms with Gasteiger partial charge in [-0.3, -0.25) is 4.98 Å². The molecule has 1 aromatic heterocycles. The van der Waals surface area contributed by atoms with Crippen molar-refractivity contribution in [2.45, 2.75) is 58.0 Å². The number of carbonyl (C=O) groups is 1. The summed E-state index contributed by atoms with van der Waals surface area (Å²) in [4.78, 5) is 19.6. The van der Waals surface area contributed by atoms with Crippen LogP contribution in [0.4, 0.5) is 4.79 Å². The molecule has 5 nitrogen and oxygen atoms in total. The minimum atomic E-state index is -0.451. The molecule has 154 valence electrons. The lowest BCUT2D eigenvalue weighted by Gasteiger charge is -2.31. The van der Waals surface area contributed by atoms with E-state index in [1.54, 1.807) is 11.9 Å². The molecule has 0 N–H and O–H groups in total. The van der Waals surface area contributed by atoms with Crippen molar-refractivity contribution in [1.82, 2.24) is 14.2 Å². The highest BCUT2D eigenvalue weighted by Crippen LogP contribution is 2.27. The number of benzene rings is 1. The third kappa shape index (κ3) is 6.99. The molecule has 0 radical (unpaired) electrons. The average molecular weight is 404 g/mol. The van der Waals surface area contributed by atoms with Crippen LogP contribution >= 0.6 is 11.9 Å². The van der Waals surface area contributed by atoms with Crippen LogP contribution in [0.5, 0.6) is 0 Å². The van der Waals surface area contributed by atoms with E-state index >= 15 is 0 Å². The first-order valence-corrected chi connectivity index (χ1v) is 10.9. The standard InChI is InChI=1S/C20H27N3O2S.C2H6/c1-20(2,3)25-19(24)22-10-4-5-11-23(13-12-22)26-18-7-6-17-15-21-9-8-16(17)14-18;1-2/h6-9,14-15H,4-5,10-13H2,1-3H3;1-2H3. The molecule has 2 aromatic rings. The largest absolute Gasteiger partial charge is 0.444 e. The smallest absolute Gasteiger partial charge is 0.410 e. The maximum Gasteiger partial charge on any atom is 0.410 e. The Balaban J connectivity index is 0.00000136. The number of ether oxygens (including phenoxy) is 1. The van der Waals surface area contributed by atoms with Gasteiger partial charge in [-0.15, -0.1) is 0 Å². The van der Waals surface area contributed by atoms with Crippen molar-refractivity contribution < 1.29 is 9.53 Å². The molecule has 3 rings (SSSR count). The van der Waals surface area contributed by atoms with Gasteiger partial charge in [0.2, 0.25) is 0 Å². The zero-order valence-corrected chi connectivity index (χ0v) is 18.6. The quantitative estimate of drug-likeness (QED) is 0.611. The van der Waals surface area contributed by atoms with E-state index < -0.39 is 5.60 Å². The lowest BCUT2D eigenvalue weighted by Crippen LogP contribution is -2.42. The number of hydrogen-bond acceptors (Lipinski definition) is 5. The molecular formula is C22H33N3O2S. The van der Waals surface area contributed by atoms with Crippen molar-refractivity contribution in [3.05, 3.63) is 36.7 Å². The third-order valence-corrected chi connectivity index (χ3v) is 5.29. The Hall–Kier alpha value is -1.79. The number of nitrogens with zero attached hydrogens (tertiary/aromatic N) is 3. The molecule has 1 aliphatic rings. The summed E-state index contributed by atoms with van der Waals surface area (Å²) in [5.41, 5.74) is -0.451. The normalized spacial score (nSPS) is 16.0. The summed E-state index contributed by atoms with van der Waals surface area (Å²) in [6.07, 6.45) is 5.58. The molecule has 0 spiro atoms. The summed E-state index contributed by atoms with van der Waals surface area (Å²) in [7, 11) is 0. The fourth-order valence-corrected chi connectivity index (χ4v) is 3.91. The monoisotopic (exact) mass is 403 g/mol. The highest BCUT2D eigenvalue weighted by molar-refractivity contribution is 7.97. The van der Waals surface area contributed by atoms with Crippen molar-refractivity contribution in [2.75, 3.05) is 26.2 Å². The summed E-state index contributed by atoms with van der Waals surface area (Å²) in [6.45, 7) is 13.1. The van der Waals surface area contributed by atoms with Gasteiger partial charge in [-0.2, -0.15) is 0 Å². The maximum atomic E-state index is 12.4. The maximum absolute atomic E-state index is 12.4. The van der Waals surface area contributed by atoms with Gasteiger partial charge in [-0.1, -0.05) is 19.9 Å². The molecule has 1 saturated heterocycles. The van der Waals surface area contributed by atoms with E-state index in [2.05, 4.69) is 27.5 Å². The third-order valence-electron chi connectivity index (χ3n) is 4.20. The SMILES string of the molecule is CC.CC(C)(C)OC(=O)N1CCCCN(Sc2ccc3cnccc3c2)CC1. The molecule has 0 aliphatic carbocycles. The number of pyridine rings is 1. The van der Waals surface area contributed by atoms with Gasteiger partial charge in [0.1, 0.15) is 5.60 Å². The van der Waals surface area contributed by atoms with Crippen molar-refractivity contribution in [1.29, 1.82) is 0 Å². The Morgan fingerprint density at radius 3 is 2.54 bits per heavy atom. The van der Waals surface area contributed by atoms with Crippen LogP contribution in [0.3, 0.4) is 0 Å². The number of carbonyl (C=O) groups excluding carboxylic acids is 1. The second-order valence-electron chi connectivity index (χ2n) is 7.58. The van der Waals surface area contributed by atoms with Crippen LogP contribution in [-0.2, 0) is 4.74 Å². The summed E-state index contributed by atoms with van der Waals surface area (Å²) >= 11 is 1.76. The van der Waals surface area contributed by atoms with E-state index in [-0.39, 0.29) is 6.09 Å². The molecule has 2 heterocycles. The summed E-state index contributed by atoms with van der Waals surface area (Å²) < 4.78 is 7.88. The van der Waals surface area contributed by atoms with Crippen LogP contribution < -0.4 is 0 Å². The van der Waals surface area contributed by atoms with Gasteiger partial charge in [-0.25, -0.2) is 9.10 Å². The molecule has 1 fully saturated rings. The zero-order valence-electron chi connectivity index (χ0n) is 17.8. The van der Waals surface area contributed by atoms with E-state index in [0.29, 0.717) is 6.54 Å². The van der Waals surface area contributed by atoms with E-state index in [1.165, 1.54) is 10.3 Å². The van der Waals surface area contributed by atoms with Crippen molar-refractivity contribution in [3.63, 3.8) is 0 Å². The van der Waals surface area contributed by atoms with Crippen LogP contribution in [0, 0.1) is 0 Å². The average Bonchev–Trinajstić information content (AvgIpc) is 2.64. The molecule has 1 aliphatic heterocycles. The molecule has 0 unspecified atom stereocenters. The van der Waals surface area contributed by atoms with Crippen LogP contribution in [-0.4, -0.2) is 52.1 Å². The minimum absolute atomic E-state index is 0.206. The van der Waals surface area contributed by atoms with Crippen molar-refractivity contribution >= 4 is 28.8 Å². The summed E-state index contributed by atoms with van der Waals surface area (Å²) in [6, 6.07) is 8.49. The molecule has 0 atom stereocenters. The Morgan fingerprint density at radius 2 is 1.79 bits per heavy atom. The molecule has 1 aromatic carbocycles. The van der Waals surface area contributed by atoms with Gasteiger partial charge in [0.05, 0.1) is 0 Å². The van der Waals surface area contributed by atoms with Crippen molar-refractivity contribution in [3.8, 4) is 0 Å². The highest BCUT2D eigenvalue weighted by atomic mass is 32.2. The highest BCUT2D eigenvalue weighted by Gasteiger charge is 2.23. The second kappa shape index (κ2) is 10.7. The van der Waals surface area contributed by atoms with Crippen LogP contribution in [0.15, 0.2) is 41.6 Å². The minimum Gasteiger partial charge on any atom is -0.444 e. The van der Waals surface area contributed by atoms with Crippen LogP contribution in [0.2, 0.25) is 0 Å². The van der Waals surface area contributed by atoms with Gasteiger partial charge >= 0.3 is 6.09 Å². The van der Waals surface area contributed by atoms with Gasteiger partial charge in [0.15, 0.2) is 0 Å². The number of amides is 1. The van der Waals surface area contributed by atoms with Crippen molar-refractivity contribution in [2.24, 2.45) is 0 Å². The predicted octanol–water partition coefficient (Wildman–Crippen LogP) is 5.60. The lowest BCUT2D eigenvalue weighted by molar-refractivity contribution is 0.0230. The van der Waals surface area contributed by atoms with E-state index in [4.69, 9.17) is 4.74 Å². The second-order valence-corrected chi connectivity index (χ2v) is 8.75. The number of aromatic nitrogens is 1. The molecular weight excluding hydrogens is 370 g/mol. The molecule has 0 bridgehead atoms. The Morgan fingerprint density at radius 1 is 1.04 bits per heavy atom. The first-order chi connectivity index (χ1) is 13.4. The number of fused-ring (bicyclic) bond motifs is 1. The fraction of sp³-hybridized carbons (Fsp3) is 0.545. The van der Waals surface area contributed by atoms with E-state index in [9.17, 15) is 4.79 Å². The first kappa shape index (κ1) is 22.5. The first-order valence-electron chi connectivity index (χ1n) is 10.2. The molecule has 1 amide bonds. The van der Waals surface area contributed by atoms with Gasteiger partial charge in [-0.05, 0) is 69.1 Å². The zero-order chi connectivity index (χ0) is 20.6. The lowest BCUT2D eigenvalue weighted by atomic mass is 10.2. The predicted molar refractivity (Wildman–Crippen MR) is 118 cm³/mol. The van der Waals surface area contributed by atoms with Gasteiger partial charge in [0.25, 0.3) is 0 Å². The van der Waals surface area contributed by atoms with Crippen LogP contribution in [0.25, 0.3) is 10.8 Å². The van der Waals surface area contributed by atoms with Crippen LogP contribution in [0.1, 0.15) is 47.5 Å². The van der Waals surface area contributed by atoms with E-state index in [1.807, 2.05) is 58.0 Å². The Bertz CT molecular complexity index is 761. The summed E-state index contributed by atoms with van der Waals surface area (Å²) in [5, 5.41) is 2.35. The van der Waals surface area contributed by atoms with Gasteiger partial charge in [0, 0.05) is 48.9 Å². The molecule has 6 heteroatoms. The van der Waals surface area contributed by atoms with E-state index in [0.717, 1.165) is 37.9 Å². The Kier molecular flexibility index (Phi) is 8.58. The molecule has 0 saturated carbocycles. The Labute approximate surface area is 173 Å². The fourth-order valence-electron chi connectivity index (χ4n) is 2.91. The number of rotatable bonds is 2. The topological polar surface area (TPSA) is 45.7 Å². The number of hydrogen-bond donors (Lipinski definition) is 0.